The van der Waals surface area contributed by atoms with Gasteiger partial charge in [0.05, 0.1) is 16.8 Å². The first-order chi connectivity index (χ1) is 15.3. The molecular formula is C24H32FN3O3S. The fourth-order valence-corrected chi connectivity index (χ4v) is 6.36. The molecule has 1 saturated heterocycles. The van der Waals surface area contributed by atoms with Crippen LogP contribution in [0.4, 0.5) is 10.1 Å². The Kier molecular flexibility index (Phi) is 6.72. The molecule has 0 spiro atoms. The lowest BCUT2D eigenvalue weighted by molar-refractivity contribution is 0.0598. The van der Waals surface area contributed by atoms with E-state index in [0.29, 0.717) is 35.9 Å². The van der Waals surface area contributed by atoms with Crippen molar-refractivity contribution >= 4 is 21.8 Å². The van der Waals surface area contributed by atoms with Crippen molar-refractivity contribution in [3.05, 3.63) is 51.9 Å². The topological polar surface area (TPSA) is 64.4 Å². The van der Waals surface area contributed by atoms with Crippen molar-refractivity contribution in [1.82, 2.24) is 9.78 Å². The van der Waals surface area contributed by atoms with Crippen LogP contribution in [0.15, 0.2) is 29.3 Å². The average Bonchev–Trinajstić information content (AvgIpc) is 3.16. The lowest BCUT2D eigenvalue weighted by Crippen LogP contribution is -2.36. The Hall–Kier alpha value is -2.19. The van der Waals surface area contributed by atoms with Crippen molar-refractivity contribution in [3.8, 4) is 0 Å². The highest BCUT2D eigenvalue weighted by Gasteiger charge is 2.32. The predicted molar refractivity (Wildman–Crippen MR) is 124 cm³/mol. The van der Waals surface area contributed by atoms with E-state index in [1.54, 1.807) is 18.3 Å². The van der Waals surface area contributed by atoms with E-state index in [0.717, 1.165) is 49.4 Å². The summed E-state index contributed by atoms with van der Waals surface area (Å²) in [7, 11) is -3.80. The van der Waals surface area contributed by atoms with Gasteiger partial charge in [-0.15, -0.1) is 0 Å². The highest BCUT2D eigenvalue weighted by molar-refractivity contribution is 7.96. The molecule has 32 heavy (non-hydrogen) atoms. The smallest absolute Gasteiger partial charge is 0.260 e. The molecule has 0 amide bonds. The standard InChI is InChI=1S/C24H32FN3O3S/c1-17(2)15-28(24-13-21(25)5-4-18(24)3)32(29,30)22-6-7-23-20(12-22)14-26-27(23)16-19-8-10-31-11-9-19/h4-5,12-14,17,19H,6-11,15-16H2,1-3H3. The van der Waals surface area contributed by atoms with Crippen LogP contribution in [0.2, 0.25) is 0 Å². The molecule has 0 radical (unpaired) electrons. The first-order valence-electron chi connectivity index (χ1n) is 11.4. The first kappa shape index (κ1) is 23.0. The van der Waals surface area contributed by atoms with Crippen LogP contribution in [0.25, 0.3) is 6.08 Å². The SMILES string of the molecule is Cc1ccc(F)cc1N(CC(C)C)S(=O)(=O)C1=Cc2cnn(CC3CCOCC3)c2CC1. The summed E-state index contributed by atoms with van der Waals surface area (Å²) in [5.74, 6) is 0.192. The number of aromatic nitrogens is 2. The highest BCUT2D eigenvalue weighted by Crippen LogP contribution is 2.34. The van der Waals surface area contributed by atoms with Gasteiger partial charge in [-0.1, -0.05) is 19.9 Å². The Morgan fingerprint density at radius 3 is 2.72 bits per heavy atom. The monoisotopic (exact) mass is 461 g/mol. The maximum atomic E-state index is 14.0. The molecule has 2 heterocycles. The summed E-state index contributed by atoms with van der Waals surface area (Å²) in [6.45, 7) is 8.46. The Morgan fingerprint density at radius 2 is 2.00 bits per heavy atom. The van der Waals surface area contributed by atoms with Gasteiger partial charge in [-0.2, -0.15) is 5.10 Å². The average molecular weight is 462 g/mol. The van der Waals surface area contributed by atoms with E-state index in [1.165, 1.54) is 16.4 Å². The predicted octanol–water partition coefficient (Wildman–Crippen LogP) is 4.54. The zero-order valence-electron chi connectivity index (χ0n) is 19.1. The number of sulfonamides is 1. The molecule has 0 bridgehead atoms. The molecule has 2 aliphatic rings. The maximum absolute atomic E-state index is 14.0. The van der Waals surface area contributed by atoms with Crippen molar-refractivity contribution in [2.24, 2.45) is 11.8 Å². The summed E-state index contributed by atoms with van der Waals surface area (Å²) < 4.78 is 50.3. The van der Waals surface area contributed by atoms with Gasteiger partial charge in [-0.25, -0.2) is 12.8 Å². The zero-order chi connectivity index (χ0) is 22.9. The first-order valence-corrected chi connectivity index (χ1v) is 12.8. The Labute approximate surface area is 190 Å². The number of rotatable bonds is 7. The maximum Gasteiger partial charge on any atom is 0.260 e. The van der Waals surface area contributed by atoms with E-state index in [1.807, 2.05) is 25.5 Å². The summed E-state index contributed by atoms with van der Waals surface area (Å²) in [5.41, 5.74) is 3.09. The second kappa shape index (κ2) is 9.35. The number of ether oxygens (including phenoxy) is 1. The summed E-state index contributed by atoms with van der Waals surface area (Å²) in [6, 6.07) is 4.30. The quantitative estimate of drug-likeness (QED) is 0.607. The molecule has 1 aromatic heterocycles. The molecular weight excluding hydrogens is 429 g/mol. The molecule has 2 aromatic rings. The minimum atomic E-state index is -3.80. The van der Waals surface area contributed by atoms with Gasteiger partial charge < -0.3 is 4.74 Å². The van der Waals surface area contributed by atoms with E-state index in [9.17, 15) is 12.8 Å². The van der Waals surface area contributed by atoms with E-state index in [4.69, 9.17) is 4.74 Å². The second-order valence-corrected chi connectivity index (χ2v) is 11.2. The number of benzene rings is 1. The van der Waals surface area contributed by atoms with Crippen LogP contribution in [0.5, 0.6) is 0 Å². The molecule has 4 rings (SSSR count). The molecule has 6 nitrogen and oxygen atoms in total. The summed E-state index contributed by atoms with van der Waals surface area (Å²) in [5, 5.41) is 4.56. The van der Waals surface area contributed by atoms with Gasteiger partial charge >= 0.3 is 0 Å². The fourth-order valence-electron chi connectivity index (χ4n) is 4.49. The third kappa shape index (κ3) is 4.76. The lowest BCUT2D eigenvalue weighted by atomic mass is 9.99. The third-order valence-electron chi connectivity index (χ3n) is 6.27. The Morgan fingerprint density at radius 1 is 1.25 bits per heavy atom. The minimum absolute atomic E-state index is 0.0921. The second-order valence-electron chi connectivity index (χ2n) is 9.26. The molecule has 1 aliphatic heterocycles. The van der Waals surface area contributed by atoms with Crippen LogP contribution in [0, 0.1) is 24.6 Å². The zero-order valence-corrected chi connectivity index (χ0v) is 19.9. The fraction of sp³-hybridized carbons (Fsp3) is 0.542. The molecule has 0 unspecified atom stereocenters. The van der Waals surface area contributed by atoms with Crippen molar-refractivity contribution < 1.29 is 17.5 Å². The minimum Gasteiger partial charge on any atom is -0.381 e. The Balaban J connectivity index is 1.64. The van der Waals surface area contributed by atoms with Crippen LogP contribution in [-0.2, 0) is 27.7 Å². The van der Waals surface area contributed by atoms with Gasteiger partial charge in [-0.05, 0) is 68.2 Å². The molecule has 1 fully saturated rings. The van der Waals surface area contributed by atoms with E-state index in [-0.39, 0.29) is 5.92 Å². The molecule has 8 heteroatoms. The van der Waals surface area contributed by atoms with Crippen LogP contribution in [0.3, 0.4) is 0 Å². The number of hydrogen-bond donors (Lipinski definition) is 0. The van der Waals surface area contributed by atoms with Crippen LogP contribution in [0.1, 0.15) is 49.9 Å². The number of halogens is 1. The summed E-state index contributed by atoms with van der Waals surface area (Å²) >= 11 is 0. The van der Waals surface area contributed by atoms with E-state index < -0.39 is 15.8 Å². The van der Waals surface area contributed by atoms with Gasteiger partial charge in [0.2, 0.25) is 0 Å². The highest BCUT2D eigenvalue weighted by atomic mass is 32.2. The number of nitrogens with zero attached hydrogens (tertiary/aromatic N) is 3. The van der Waals surface area contributed by atoms with Gasteiger partial charge in [-0.3, -0.25) is 8.99 Å². The lowest BCUT2D eigenvalue weighted by Gasteiger charge is -2.30. The summed E-state index contributed by atoms with van der Waals surface area (Å²) in [6.07, 6.45) is 6.62. The normalized spacial score (nSPS) is 17.3. The largest absolute Gasteiger partial charge is 0.381 e. The molecule has 1 aromatic carbocycles. The van der Waals surface area contributed by atoms with Crippen molar-refractivity contribution in [1.29, 1.82) is 0 Å². The van der Waals surface area contributed by atoms with Gasteiger partial charge in [0.1, 0.15) is 5.82 Å². The molecule has 0 atom stereocenters. The molecule has 1 aliphatic carbocycles. The number of fused-ring (bicyclic) bond motifs is 1. The summed E-state index contributed by atoms with van der Waals surface area (Å²) in [4.78, 5) is 0.361. The number of hydrogen-bond acceptors (Lipinski definition) is 4. The van der Waals surface area contributed by atoms with E-state index >= 15 is 0 Å². The molecule has 174 valence electrons. The number of anilines is 1. The molecule has 0 N–H and O–H groups in total. The molecule has 0 saturated carbocycles. The number of allylic oxidation sites excluding steroid dienone is 1. The van der Waals surface area contributed by atoms with Crippen molar-refractivity contribution in [2.75, 3.05) is 24.1 Å². The van der Waals surface area contributed by atoms with Crippen molar-refractivity contribution in [3.63, 3.8) is 0 Å². The van der Waals surface area contributed by atoms with E-state index in [2.05, 4.69) is 5.10 Å². The van der Waals surface area contributed by atoms with Gasteiger partial charge in [0.25, 0.3) is 10.0 Å². The van der Waals surface area contributed by atoms with Gasteiger partial charge in [0.15, 0.2) is 0 Å². The Bertz CT molecular complexity index is 1100. The third-order valence-corrected chi connectivity index (χ3v) is 8.18. The van der Waals surface area contributed by atoms with Crippen LogP contribution in [-0.4, -0.2) is 38.0 Å². The van der Waals surface area contributed by atoms with Crippen molar-refractivity contribution in [2.45, 2.75) is 53.0 Å². The van der Waals surface area contributed by atoms with Crippen LogP contribution < -0.4 is 4.31 Å². The van der Waals surface area contributed by atoms with Gasteiger partial charge in [0, 0.05) is 37.6 Å². The van der Waals surface area contributed by atoms with Crippen LogP contribution >= 0.6 is 0 Å². The number of aryl methyl sites for hydroxylation is 1.